The molecule has 1 aromatic carbocycles. The number of rotatable bonds is 5. The predicted molar refractivity (Wildman–Crippen MR) is 66.7 cm³/mol. The molecule has 1 aromatic rings. The Bertz CT molecular complexity index is 457. The summed E-state index contributed by atoms with van der Waals surface area (Å²) in [6.45, 7) is 1.10. The van der Waals surface area contributed by atoms with Crippen LogP contribution in [0.5, 0.6) is 5.75 Å². The van der Waals surface area contributed by atoms with Gasteiger partial charge in [-0.25, -0.2) is 4.79 Å². The number of hydrogen-bond acceptors (Lipinski definition) is 5. The van der Waals surface area contributed by atoms with Crippen LogP contribution in [0, 0.1) is 5.92 Å². The van der Waals surface area contributed by atoms with Gasteiger partial charge in [0.15, 0.2) is 0 Å². The lowest BCUT2D eigenvalue weighted by Crippen LogP contribution is -2.38. The topological polar surface area (TPSA) is 81.7 Å². The monoisotopic (exact) mass is 265 g/mol. The average Bonchev–Trinajstić information content (AvgIpc) is 2.39. The smallest absolute Gasteiger partial charge is 0.412 e. The molecule has 1 amide bonds. The van der Waals surface area contributed by atoms with Crippen LogP contribution in [-0.4, -0.2) is 31.5 Å². The fraction of sp³-hybridized carbons (Fsp3) is 0.308. The summed E-state index contributed by atoms with van der Waals surface area (Å²) in [7, 11) is 1.18. The average molecular weight is 265 g/mol. The van der Waals surface area contributed by atoms with E-state index in [0.717, 1.165) is 0 Å². The molecule has 0 spiro atoms. The maximum Gasteiger partial charge on any atom is 0.412 e. The molecule has 0 heterocycles. The first-order chi connectivity index (χ1) is 9.04. The van der Waals surface area contributed by atoms with Crippen molar-refractivity contribution in [3.8, 4) is 5.75 Å². The first kappa shape index (κ1) is 14.7. The van der Waals surface area contributed by atoms with Gasteiger partial charge in [0.2, 0.25) is 0 Å². The molecule has 0 saturated heterocycles. The Morgan fingerprint density at radius 2 is 1.84 bits per heavy atom. The molecular formula is C13H15NO5. The molecule has 0 fully saturated rings. The Hall–Kier alpha value is -2.37. The molecule has 1 rings (SSSR count). The zero-order valence-corrected chi connectivity index (χ0v) is 10.7. The van der Waals surface area contributed by atoms with E-state index in [1.54, 1.807) is 30.3 Å². The third-order valence-electron chi connectivity index (χ3n) is 2.38. The number of nitrogens with one attached hydrogen (secondary N) is 1. The molecule has 1 unspecified atom stereocenters. The highest BCUT2D eigenvalue weighted by atomic mass is 16.6. The number of para-hydroxylation sites is 1. The predicted octanol–water partition coefficient (Wildman–Crippen LogP) is 1.15. The van der Waals surface area contributed by atoms with E-state index >= 15 is 0 Å². The SMILES string of the molecule is COC(=O)C(CNC(=O)Oc1ccccc1)C(C)=O. The first-order valence-corrected chi connectivity index (χ1v) is 5.63. The van der Waals surface area contributed by atoms with Crippen molar-refractivity contribution in [1.82, 2.24) is 5.32 Å². The molecule has 0 saturated carbocycles. The van der Waals surface area contributed by atoms with E-state index in [-0.39, 0.29) is 12.3 Å². The molecular weight excluding hydrogens is 250 g/mol. The highest BCUT2D eigenvalue weighted by Crippen LogP contribution is 2.08. The lowest BCUT2D eigenvalue weighted by Gasteiger charge is -2.12. The maximum absolute atomic E-state index is 11.5. The maximum atomic E-state index is 11.5. The first-order valence-electron chi connectivity index (χ1n) is 5.63. The molecule has 0 bridgehead atoms. The van der Waals surface area contributed by atoms with E-state index in [4.69, 9.17) is 4.74 Å². The number of ether oxygens (including phenoxy) is 2. The van der Waals surface area contributed by atoms with Gasteiger partial charge in [-0.2, -0.15) is 0 Å². The minimum atomic E-state index is -1.02. The van der Waals surface area contributed by atoms with Crippen molar-refractivity contribution < 1.29 is 23.9 Å². The molecule has 1 atom stereocenters. The summed E-state index contributed by atoms with van der Waals surface area (Å²) >= 11 is 0. The van der Waals surface area contributed by atoms with Crippen LogP contribution >= 0.6 is 0 Å². The minimum Gasteiger partial charge on any atom is -0.468 e. The Labute approximate surface area is 110 Å². The van der Waals surface area contributed by atoms with Gasteiger partial charge in [-0.05, 0) is 19.1 Å². The highest BCUT2D eigenvalue weighted by Gasteiger charge is 2.24. The number of amides is 1. The van der Waals surface area contributed by atoms with Gasteiger partial charge in [0.25, 0.3) is 0 Å². The molecule has 102 valence electrons. The Balaban J connectivity index is 2.49. The van der Waals surface area contributed by atoms with Gasteiger partial charge in [0, 0.05) is 6.54 Å². The van der Waals surface area contributed by atoms with Gasteiger partial charge in [0.1, 0.15) is 17.5 Å². The van der Waals surface area contributed by atoms with E-state index in [0.29, 0.717) is 5.75 Å². The lowest BCUT2D eigenvalue weighted by atomic mass is 10.1. The van der Waals surface area contributed by atoms with Crippen LogP contribution in [0.15, 0.2) is 30.3 Å². The quantitative estimate of drug-likeness (QED) is 0.638. The van der Waals surface area contributed by atoms with E-state index in [9.17, 15) is 14.4 Å². The summed E-state index contributed by atoms with van der Waals surface area (Å²) in [4.78, 5) is 34.0. The Kier molecular flexibility index (Phi) is 5.53. The molecule has 1 N–H and O–H groups in total. The number of methoxy groups -OCH3 is 1. The van der Waals surface area contributed by atoms with Gasteiger partial charge in [-0.3, -0.25) is 9.59 Å². The van der Waals surface area contributed by atoms with Crippen LogP contribution in [0.3, 0.4) is 0 Å². The van der Waals surface area contributed by atoms with Crippen molar-refractivity contribution in [2.75, 3.05) is 13.7 Å². The highest BCUT2D eigenvalue weighted by molar-refractivity contribution is 5.98. The van der Waals surface area contributed by atoms with Crippen LogP contribution in [-0.2, 0) is 14.3 Å². The van der Waals surface area contributed by atoms with Crippen molar-refractivity contribution in [2.24, 2.45) is 5.92 Å². The fourth-order valence-electron chi connectivity index (χ4n) is 1.35. The number of hydrogen-bond donors (Lipinski definition) is 1. The molecule has 0 radical (unpaired) electrons. The summed E-state index contributed by atoms with van der Waals surface area (Å²) in [6, 6.07) is 8.45. The second-order valence-corrected chi connectivity index (χ2v) is 3.77. The van der Waals surface area contributed by atoms with Crippen LogP contribution in [0.1, 0.15) is 6.92 Å². The van der Waals surface area contributed by atoms with Gasteiger partial charge < -0.3 is 14.8 Å². The van der Waals surface area contributed by atoms with Crippen molar-refractivity contribution >= 4 is 17.8 Å². The number of esters is 1. The fourth-order valence-corrected chi connectivity index (χ4v) is 1.35. The van der Waals surface area contributed by atoms with Crippen molar-refractivity contribution in [1.29, 1.82) is 0 Å². The van der Waals surface area contributed by atoms with Crippen LogP contribution in [0.4, 0.5) is 4.79 Å². The lowest BCUT2D eigenvalue weighted by molar-refractivity contribution is -0.148. The number of benzene rings is 1. The number of Topliss-reactive ketones (excluding diaryl/α,β-unsaturated/α-hetero) is 1. The number of ketones is 1. The summed E-state index contributed by atoms with van der Waals surface area (Å²) in [5.74, 6) is -1.72. The van der Waals surface area contributed by atoms with Gasteiger partial charge in [0.05, 0.1) is 7.11 Å². The van der Waals surface area contributed by atoms with Crippen LogP contribution in [0.2, 0.25) is 0 Å². The summed E-state index contributed by atoms with van der Waals surface area (Å²) < 4.78 is 9.42. The molecule has 0 aliphatic heterocycles. The minimum absolute atomic E-state index is 0.159. The number of carbonyl (C=O) groups excluding carboxylic acids is 3. The molecule has 19 heavy (non-hydrogen) atoms. The largest absolute Gasteiger partial charge is 0.468 e. The molecule has 0 aliphatic carbocycles. The molecule has 6 heteroatoms. The van der Waals surface area contributed by atoms with Crippen molar-refractivity contribution in [2.45, 2.75) is 6.92 Å². The summed E-state index contributed by atoms with van der Waals surface area (Å²) in [5.41, 5.74) is 0. The third kappa shape index (κ3) is 4.79. The Morgan fingerprint density at radius 1 is 1.21 bits per heavy atom. The second kappa shape index (κ2) is 7.15. The molecule has 0 aromatic heterocycles. The Morgan fingerprint density at radius 3 is 2.37 bits per heavy atom. The summed E-state index contributed by atoms with van der Waals surface area (Å²) in [5, 5.41) is 2.34. The summed E-state index contributed by atoms with van der Waals surface area (Å²) in [6.07, 6.45) is -0.735. The standard InChI is InChI=1S/C13H15NO5/c1-9(15)11(12(16)18-2)8-14-13(17)19-10-6-4-3-5-7-10/h3-7,11H,8H2,1-2H3,(H,14,17). The van der Waals surface area contributed by atoms with E-state index in [2.05, 4.69) is 10.1 Å². The van der Waals surface area contributed by atoms with Crippen LogP contribution in [0.25, 0.3) is 0 Å². The van der Waals surface area contributed by atoms with Crippen LogP contribution < -0.4 is 10.1 Å². The van der Waals surface area contributed by atoms with E-state index in [1.165, 1.54) is 14.0 Å². The van der Waals surface area contributed by atoms with E-state index < -0.39 is 18.0 Å². The normalized spacial score (nSPS) is 11.3. The second-order valence-electron chi connectivity index (χ2n) is 3.77. The van der Waals surface area contributed by atoms with Crippen molar-refractivity contribution in [3.05, 3.63) is 30.3 Å². The zero-order valence-electron chi connectivity index (χ0n) is 10.7. The van der Waals surface area contributed by atoms with Gasteiger partial charge in [-0.1, -0.05) is 18.2 Å². The van der Waals surface area contributed by atoms with E-state index in [1.807, 2.05) is 0 Å². The number of carbonyl (C=O) groups is 3. The van der Waals surface area contributed by atoms with Gasteiger partial charge >= 0.3 is 12.1 Å². The zero-order chi connectivity index (χ0) is 14.3. The van der Waals surface area contributed by atoms with Crippen molar-refractivity contribution in [3.63, 3.8) is 0 Å². The van der Waals surface area contributed by atoms with Gasteiger partial charge in [-0.15, -0.1) is 0 Å². The third-order valence-corrected chi connectivity index (χ3v) is 2.38. The molecule has 0 aliphatic rings. The molecule has 6 nitrogen and oxygen atoms in total.